The number of hydrogen-bond donors (Lipinski definition) is 2. The predicted octanol–water partition coefficient (Wildman–Crippen LogP) is 3.12. The fraction of sp³-hybridized carbons (Fsp3) is 0.333. The van der Waals surface area contributed by atoms with Crippen molar-refractivity contribution in [3.8, 4) is 11.5 Å². The molecule has 2 aromatic rings. The van der Waals surface area contributed by atoms with Crippen LogP contribution in [0.1, 0.15) is 22.3 Å². The molecule has 162 valence electrons. The second kappa shape index (κ2) is 11.1. The molecule has 0 aliphatic carbocycles. The predicted molar refractivity (Wildman–Crippen MR) is 105 cm³/mol. The van der Waals surface area contributed by atoms with Crippen LogP contribution < -0.4 is 20.1 Å². The lowest BCUT2D eigenvalue weighted by Crippen LogP contribution is -2.34. The largest absolute Gasteiger partial charge is 0.493 e. The lowest BCUT2D eigenvalue weighted by atomic mass is 10.1. The molecule has 0 heterocycles. The Morgan fingerprint density at radius 3 is 2.33 bits per heavy atom. The summed E-state index contributed by atoms with van der Waals surface area (Å²) in [7, 11) is 1.33. The van der Waals surface area contributed by atoms with Gasteiger partial charge >= 0.3 is 6.18 Å². The van der Waals surface area contributed by atoms with E-state index < -0.39 is 12.8 Å². The zero-order chi connectivity index (χ0) is 22.0. The van der Waals surface area contributed by atoms with Crippen molar-refractivity contribution in [2.75, 3.05) is 26.8 Å². The Kier molecular flexibility index (Phi) is 8.52. The first-order chi connectivity index (χ1) is 14.3. The van der Waals surface area contributed by atoms with E-state index in [0.29, 0.717) is 18.5 Å². The van der Waals surface area contributed by atoms with Crippen molar-refractivity contribution >= 4 is 11.8 Å². The van der Waals surface area contributed by atoms with E-state index in [1.54, 1.807) is 36.4 Å². The molecule has 0 bridgehead atoms. The number of ether oxygens (including phenoxy) is 2. The third-order valence-corrected chi connectivity index (χ3v) is 4.03. The summed E-state index contributed by atoms with van der Waals surface area (Å²) in [5.41, 5.74) is 1.26. The van der Waals surface area contributed by atoms with E-state index >= 15 is 0 Å². The van der Waals surface area contributed by atoms with Crippen LogP contribution in [0.5, 0.6) is 11.5 Å². The van der Waals surface area contributed by atoms with Crippen LogP contribution in [0.15, 0.2) is 48.5 Å². The number of carbonyl (C=O) groups excluding carboxylic acids is 2. The number of hydrogen-bond acceptors (Lipinski definition) is 4. The first kappa shape index (κ1) is 23.1. The molecule has 9 heteroatoms. The minimum atomic E-state index is -4.44. The van der Waals surface area contributed by atoms with Gasteiger partial charge < -0.3 is 20.1 Å². The van der Waals surface area contributed by atoms with E-state index in [2.05, 4.69) is 10.6 Å². The van der Waals surface area contributed by atoms with Gasteiger partial charge in [-0.15, -0.1) is 0 Å². The molecule has 0 saturated heterocycles. The van der Waals surface area contributed by atoms with Crippen LogP contribution in [0.2, 0.25) is 0 Å². The molecule has 6 nitrogen and oxygen atoms in total. The Morgan fingerprint density at radius 2 is 1.67 bits per heavy atom. The number of carbonyl (C=O) groups is 2. The molecule has 30 heavy (non-hydrogen) atoms. The maximum atomic E-state index is 12.3. The van der Waals surface area contributed by atoms with Gasteiger partial charge in [0.25, 0.3) is 5.91 Å². The highest BCUT2D eigenvalue weighted by atomic mass is 19.4. The summed E-state index contributed by atoms with van der Waals surface area (Å²) in [6.07, 6.45) is -3.89. The summed E-state index contributed by atoms with van der Waals surface area (Å²) in [6.45, 7) is -0.838. The maximum Gasteiger partial charge on any atom is 0.422 e. The number of benzene rings is 2. The first-order valence-electron chi connectivity index (χ1n) is 9.25. The summed E-state index contributed by atoms with van der Waals surface area (Å²) < 4.78 is 46.7. The van der Waals surface area contributed by atoms with Crippen molar-refractivity contribution in [2.24, 2.45) is 0 Å². The van der Waals surface area contributed by atoms with E-state index in [4.69, 9.17) is 9.47 Å². The van der Waals surface area contributed by atoms with Crippen LogP contribution in [0.3, 0.4) is 0 Å². The van der Waals surface area contributed by atoms with Crippen molar-refractivity contribution < 1.29 is 32.2 Å². The molecular formula is C21H23F3N2O4. The second-order valence-corrected chi connectivity index (χ2v) is 6.36. The van der Waals surface area contributed by atoms with E-state index in [1.165, 1.54) is 13.2 Å². The quantitative estimate of drug-likeness (QED) is 0.575. The molecule has 0 aliphatic heterocycles. The Bertz CT molecular complexity index is 842. The van der Waals surface area contributed by atoms with Crippen molar-refractivity contribution in [2.45, 2.75) is 19.0 Å². The van der Waals surface area contributed by atoms with Crippen LogP contribution in [-0.4, -0.2) is 44.8 Å². The van der Waals surface area contributed by atoms with E-state index in [1.807, 2.05) is 6.07 Å². The Morgan fingerprint density at radius 1 is 0.967 bits per heavy atom. The SMILES string of the molecule is COc1cc(CCC(=O)NCCNC(=O)c2ccccc2)ccc1OCC(F)(F)F. The standard InChI is InChI=1S/C21H23F3N2O4/c1-29-18-13-15(7-9-17(18)30-14-21(22,23)24)8-10-19(27)25-11-12-26-20(28)16-5-3-2-4-6-16/h2-7,9,13H,8,10-12,14H2,1H3,(H,25,27)(H,26,28). The van der Waals surface area contributed by atoms with Crippen molar-refractivity contribution in [3.63, 3.8) is 0 Å². The average molecular weight is 424 g/mol. The Labute approximate surface area is 172 Å². The third-order valence-electron chi connectivity index (χ3n) is 4.03. The second-order valence-electron chi connectivity index (χ2n) is 6.36. The molecule has 0 aromatic heterocycles. The van der Waals surface area contributed by atoms with Gasteiger partial charge in [0.2, 0.25) is 5.91 Å². The van der Waals surface area contributed by atoms with Gasteiger partial charge in [-0.3, -0.25) is 9.59 Å². The van der Waals surface area contributed by atoms with E-state index in [9.17, 15) is 22.8 Å². The highest BCUT2D eigenvalue weighted by molar-refractivity contribution is 5.94. The van der Waals surface area contributed by atoms with Gasteiger partial charge in [-0.2, -0.15) is 13.2 Å². The minimum Gasteiger partial charge on any atom is -0.493 e. The van der Waals surface area contributed by atoms with Gasteiger partial charge in [-0.05, 0) is 36.2 Å². The van der Waals surface area contributed by atoms with Crippen molar-refractivity contribution in [3.05, 3.63) is 59.7 Å². The number of rotatable bonds is 10. The molecule has 2 aromatic carbocycles. The van der Waals surface area contributed by atoms with Crippen LogP contribution in [0, 0.1) is 0 Å². The van der Waals surface area contributed by atoms with Gasteiger partial charge in [0, 0.05) is 25.1 Å². The van der Waals surface area contributed by atoms with Crippen LogP contribution in [-0.2, 0) is 11.2 Å². The molecule has 0 unspecified atom stereocenters. The summed E-state index contributed by atoms with van der Waals surface area (Å²) in [5, 5.41) is 5.41. The number of alkyl halides is 3. The van der Waals surface area contributed by atoms with E-state index in [0.717, 1.165) is 5.56 Å². The molecule has 0 aliphatic rings. The van der Waals surface area contributed by atoms with Crippen molar-refractivity contribution in [1.29, 1.82) is 0 Å². The van der Waals surface area contributed by atoms with Crippen LogP contribution >= 0.6 is 0 Å². The number of methoxy groups -OCH3 is 1. The number of amides is 2. The molecule has 0 radical (unpaired) electrons. The van der Waals surface area contributed by atoms with Gasteiger partial charge in [0.1, 0.15) is 0 Å². The fourth-order valence-electron chi connectivity index (χ4n) is 2.56. The zero-order valence-electron chi connectivity index (χ0n) is 16.4. The third kappa shape index (κ3) is 8.02. The molecule has 0 atom stereocenters. The highest BCUT2D eigenvalue weighted by Gasteiger charge is 2.29. The lowest BCUT2D eigenvalue weighted by molar-refractivity contribution is -0.153. The normalized spacial score (nSPS) is 10.9. The molecule has 0 fully saturated rings. The molecule has 0 spiro atoms. The summed E-state index contributed by atoms with van der Waals surface area (Å²) in [5.74, 6) is -0.275. The summed E-state index contributed by atoms with van der Waals surface area (Å²) >= 11 is 0. The highest BCUT2D eigenvalue weighted by Crippen LogP contribution is 2.30. The summed E-state index contributed by atoms with van der Waals surface area (Å²) in [6, 6.07) is 13.2. The van der Waals surface area contributed by atoms with E-state index in [-0.39, 0.29) is 36.3 Å². The number of aryl methyl sites for hydroxylation is 1. The van der Waals surface area contributed by atoms with Crippen molar-refractivity contribution in [1.82, 2.24) is 10.6 Å². The molecule has 0 saturated carbocycles. The molecule has 2 rings (SSSR count). The van der Waals surface area contributed by atoms with Gasteiger partial charge in [0.15, 0.2) is 18.1 Å². The number of nitrogens with one attached hydrogen (secondary N) is 2. The van der Waals surface area contributed by atoms with Gasteiger partial charge in [0.05, 0.1) is 7.11 Å². The van der Waals surface area contributed by atoms with Gasteiger partial charge in [-0.25, -0.2) is 0 Å². The number of halogens is 3. The zero-order valence-corrected chi connectivity index (χ0v) is 16.4. The summed E-state index contributed by atoms with van der Waals surface area (Å²) in [4.78, 5) is 23.8. The molecule has 2 N–H and O–H groups in total. The molecule has 2 amide bonds. The van der Waals surface area contributed by atoms with Crippen LogP contribution in [0.4, 0.5) is 13.2 Å². The first-order valence-corrected chi connectivity index (χ1v) is 9.25. The Balaban J connectivity index is 1.73. The minimum absolute atomic E-state index is 0.0165. The fourth-order valence-corrected chi connectivity index (χ4v) is 2.56. The van der Waals surface area contributed by atoms with Crippen LogP contribution in [0.25, 0.3) is 0 Å². The maximum absolute atomic E-state index is 12.3. The smallest absolute Gasteiger partial charge is 0.422 e. The molecular weight excluding hydrogens is 401 g/mol. The monoisotopic (exact) mass is 424 g/mol. The topological polar surface area (TPSA) is 76.7 Å². The average Bonchev–Trinajstić information content (AvgIpc) is 2.73. The van der Waals surface area contributed by atoms with Gasteiger partial charge in [-0.1, -0.05) is 24.3 Å². The Hall–Kier alpha value is -3.23. The lowest BCUT2D eigenvalue weighted by Gasteiger charge is -2.13.